The number of amides is 1. The summed E-state index contributed by atoms with van der Waals surface area (Å²) in [4.78, 5) is 41.8. The van der Waals surface area contributed by atoms with Gasteiger partial charge in [-0.15, -0.1) is 11.3 Å². The van der Waals surface area contributed by atoms with E-state index in [1.807, 2.05) is 60.7 Å². The van der Waals surface area contributed by atoms with E-state index in [0.29, 0.717) is 22.6 Å². The molecule has 1 atom stereocenters. The summed E-state index contributed by atoms with van der Waals surface area (Å²) >= 11 is 1.48. The first kappa shape index (κ1) is 22.4. The number of nitrogens with one attached hydrogen (secondary N) is 1. The van der Waals surface area contributed by atoms with Gasteiger partial charge in [0.15, 0.2) is 12.4 Å². The number of aromatic nitrogens is 1. The van der Waals surface area contributed by atoms with Crippen molar-refractivity contribution in [3.63, 3.8) is 0 Å². The number of rotatable bonds is 8. The molecule has 1 heterocycles. The third kappa shape index (κ3) is 5.51. The number of ether oxygens (including phenoxy) is 1. The molecule has 0 radical (unpaired) electrons. The largest absolute Gasteiger partial charge is 0.452 e. The maximum absolute atomic E-state index is 12.8. The van der Waals surface area contributed by atoms with Gasteiger partial charge in [0.25, 0.3) is 5.91 Å². The Morgan fingerprint density at radius 3 is 2.39 bits per heavy atom. The van der Waals surface area contributed by atoms with Crippen LogP contribution in [0.1, 0.15) is 22.8 Å². The topological polar surface area (TPSA) is 85.4 Å². The molecule has 0 aliphatic carbocycles. The second kappa shape index (κ2) is 10.2. The Hall–Kier alpha value is -3.84. The highest BCUT2D eigenvalue weighted by molar-refractivity contribution is 7.21. The fourth-order valence-corrected chi connectivity index (χ4v) is 4.43. The number of benzene rings is 3. The van der Waals surface area contributed by atoms with Gasteiger partial charge in [-0.25, -0.2) is 9.78 Å². The molecule has 0 spiro atoms. The van der Waals surface area contributed by atoms with Crippen molar-refractivity contribution in [2.75, 3.05) is 6.61 Å². The number of thiazole rings is 1. The quantitative estimate of drug-likeness (QED) is 0.395. The number of carbonyl (C=O) groups is 3. The number of hydrogen-bond acceptors (Lipinski definition) is 6. The highest BCUT2D eigenvalue weighted by Gasteiger charge is 2.21. The highest BCUT2D eigenvalue weighted by atomic mass is 32.1. The third-order valence-corrected chi connectivity index (χ3v) is 6.18. The molecule has 33 heavy (non-hydrogen) atoms. The lowest BCUT2D eigenvalue weighted by atomic mass is 10.0. The summed E-state index contributed by atoms with van der Waals surface area (Å²) in [5, 5.41) is 3.36. The van der Waals surface area contributed by atoms with Crippen molar-refractivity contribution < 1.29 is 19.1 Å². The summed E-state index contributed by atoms with van der Waals surface area (Å²) in [5.41, 5.74) is 2.76. The minimum Gasteiger partial charge on any atom is -0.452 e. The number of Topliss-reactive ketones (excluding diaryl/α,β-unsaturated/α-hetero) is 1. The number of carbonyl (C=O) groups excluding carboxylic acids is 3. The van der Waals surface area contributed by atoms with Gasteiger partial charge >= 0.3 is 5.97 Å². The first-order valence-corrected chi connectivity index (χ1v) is 11.3. The molecule has 1 aromatic heterocycles. The van der Waals surface area contributed by atoms with Gasteiger partial charge in [-0.1, -0.05) is 60.7 Å². The van der Waals surface area contributed by atoms with Crippen LogP contribution in [0.15, 0.2) is 78.9 Å². The minimum absolute atomic E-state index is 0.167. The molecule has 6 nitrogen and oxygen atoms in total. The van der Waals surface area contributed by atoms with Crippen LogP contribution in [-0.4, -0.2) is 35.3 Å². The van der Waals surface area contributed by atoms with Crippen LogP contribution in [-0.2, 0) is 20.7 Å². The molecule has 0 aliphatic rings. The molecular formula is C26H22N2O4S. The average Bonchev–Trinajstić information content (AvgIpc) is 3.27. The van der Waals surface area contributed by atoms with E-state index in [9.17, 15) is 14.4 Å². The van der Waals surface area contributed by atoms with E-state index in [4.69, 9.17) is 4.74 Å². The SMILES string of the molecule is CC(=O)[C@@H](Cc1ccccc1)NC(=O)COC(=O)c1ccccc1-c1nc2ccccc2s1. The number of para-hydroxylation sites is 1. The fraction of sp³-hybridized carbons (Fsp3) is 0.154. The van der Waals surface area contributed by atoms with Crippen LogP contribution in [0.5, 0.6) is 0 Å². The van der Waals surface area contributed by atoms with Crippen molar-refractivity contribution in [2.45, 2.75) is 19.4 Å². The molecular weight excluding hydrogens is 436 g/mol. The Morgan fingerprint density at radius 2 is 1.64 bits per heavy atom. The Labute approximate surface area is 195 Å². The third-order valence-electron chi connectivity index (χ3n) is 5.11. The summed E-state index contributed by atoms with van der Waals surface area (Å²) in [7, 11) is 0. The first-order valence-electron chi connectivity index (χ1n) is 10.5. The Morgan fingerprint density at radius 1 is 0.939 bits per heavy atom. The standard InChI is InChI=1S/C26H22N2O4S/c1-17(29)22(15-18-9-3-2-4-10-18)27-24(30)16-32-26(31)20-12-6-5-11-19(20)25-28-21-13-7-8-14-23(21)33-25/h2-14,22H,15-16H2,1H3,(H,27,30)/t22-/m1/s1. The van der Waals surface area contributed by atoms with Gasteiger partial charge < -0.3 is 10.1 Å². The smallest absolute Gasteiger partial charge is 0.339 e. The molecule has 4 aromatic rings. The van der Waals surface area contributed by atoms with Crippen molar-refractivity contribution in [2.24, 2.45) is 0 Å². The molecule has 0 unspecified atom stereocenters. The Bertz CT molecular complexity index is 1270. The highest BCUT2D eigenvalue weighted by Crippen LogP contribution is 2.32. The van der Waals surface area contributed by atoms with Crippen molar-refractivity contribution >= 4 is 39.2 Å². The van der Waals surface area contributed by atoms with Crippen LogP contribution < -0.4 is 5.32 Å². The van der Waals surface area contributed by atoms with Crippen LogP contribution in [0.3, 0.4) is 0 Å². The lowest BCUT2D eigenvalue weighted by Gasteiger charge is -2.16. The molecule has 0 bridgehead atoms. The van der Waals surface area contributed by atoms with Gasteiger partial charge in [-0.3, -0.25) is 9.59 Å². The van der Waals surface area contributed by atoms with E-state index in [1.54, 1.807) is 18.2 Å². The molecule has 7 heteroatoms. The predicted molar refractivity (Wildman–Crippen MR) is 128 cm³/mol. The monoisotopic (exact) mass is 458 g/mol. The van der Waals surface area contributed by atoms with Gasteiger partial charge in [0.2, 0.25) is 0 Å². The van der Waals surface area contributed by atoms with Crippen molar-refractivity contribution in [1.82, 2.24) is 10.3 Å². The van der Waals surface area contributed by atoms with Crippen molar-refractivity contribution in [3.8, 4) is 10.6 Å². The predicted octanol–water partition coefficient (Wildman–Crippen LogP) is 4.44. The van der Waals surface area contributed by atoms with E-state index in [-0.39, 0.29) is 5.78 Å². The van der Waals surface area contributed by atoms with E-state index in [1.165, 1.54) is 18.3 Å². The molecule has 1 N–H and O–H groups in total. The number of esters is 1. The minimum atomic E-state index is -0.686. The summed E-state index contributed by atoms with van der Waals surface area (Å²) in [5.74, 6) is -1.32. The molecule has 0 fully saturated rings. The second-order valence-electron chi connectivity index (χ2n) is 7.53. The van der Waals surface area contributed by atoms with Crippen LogP contribution in [0.4, 0.5) is 0 Å². The van der Waals surface area contributed by atoms with Crippen LogP contribution in [0, 0.1) is 0 Å². The average molecular weight is 459 g/mol. The van der Waals surface area contributed by atoms with Gasteiger partial charge in [0.1, 0.15) is 5.01 Å². The zero-order valence-corrected chi connectivity index (χ0v) is 18.8. The number of nitrogens with zero attached hydrogens (tertiary/aromatic N) is 1. The zero-order valence-electron chi connectivity index (χ0n) is 18.0. The molecule has 0 aliphatic heterocycles. The summed E-state index contributed by atoms with van der Waals surface area (Å²) in [6.07, 6.45) is 0.371. The molecule has 1 amide bonds. The van der Waals surface area contributed by atoms with E-state index in [2.05, 4.69) is 10.3 Å². The summed E-state index contributed by atoms with van der Waals surface area (Å²) < 4.78 is 6.29. The number of ketones is 1. The van der Waals surface area contributed by atoms with E-state index in [0.717, 1.165) is 15.8 Å². The van der Waals surface area contributed by atoms with Crippen LogP contribution >= 0.6 is 11.3 Å². The van der Waals surface area contributed by atoms with Gasteiger partial charge in [-0.2, -0.15) is 0 Å². The lowest BCUT2D eigenvalue weighted by molar-refractivity contribution is -0.128. The molecule has 4 rings (SSSR count). The summed E-state index contributed by atoms with van der Waals surface area (Å²) in [6, 6.07) is 23.5. The molecule has 0 saturated carbocycles. The Balaban J connectivity index is 1.42. The fourth-order valence-electron chi connectivity index (χ4n) is 3.43. The maximum atomic E-state index is 12.8. The second-order valence-corrected chi connectivity index (χ2v) is 8.56. The maximum Gasteiger partial charge on any atom is 0.339 e. The zero-order chi connectivity index (χ0) is 23.2. The van der Waals surface area contributed by atoms with Crippen LogP contribution in [0.25, 0.3) is 20.8 Å². The lowest BCUT2D eigenvalue weighted by Crippen LogP contribution is -2.43. The number of fused-ring (bicyclic) bond motifs is 1. The van der Waals surface area contributed by atoms with Crippen LogP contribution in [0.2, 0.25) is 0 Å². The molecule has 0 saturated heterocycles. The summed E-state index contributed by atoms with van der Waals surface area (Å²) in [6.45, 7) is 0.944. The molecule has 166 valence electrons. The van der Waals surface area contributed by atoms with Crippen molar-refractivity contribution in [3.05, 3.63) is 90.0 Å². The van der Waals surface area contributed by atoms with Gasteiger partial charge in [-0.05, 0) is 37.1 Å². The first-order chi connectivity index (χ1) is 16.0. The van der Waals surface area contributed by atoms with E-state index < -0.39 is 24.5 Å². The van der Waals surface area contributed by atoms with Gasteiger partial charge in [0.05, 0.1) is 21.8 Å². The van der Waals surface area contributed by atoms with Crippen molar-refractivity contribution in [1.29, 1.82) is 0 Å². The van der Waals surface area contributed by atoms with Gasteiger partial charge in [0, 0.05) is 5.56 Å². The van der Waals surface area contributed by atoms with E-state index >= 15 is 0 Å². The normalized spacial score (nSPS) is 11.7. The Kier molecular flexibility index (Phi) is 6.90. The molecule has 3 aromatic carbocycles. The number of hydrogen-bond donors (Lipinski definition) is 1.